The average Bonchev–Trinajstić information content (AvgIpc) is 2.28. The Balaban J connectivity index is 2.20. The summed E-state index contributed by atoms with van der Waals surface area (Å²) < 4.78 is 5.73. The van der Waals surface area contributed by atoms with Crippen LogP contribution in [0.5, 0.6) is 0 Å². The van der Waals surface area contributed by atoms with Crippen molar-refractivity contribution in [1.82, 2.24) is 9.97 Å². The molecule has 0 aliphatic carbocycles. The van der Waals surface area contributed by atoms with Crippen molar-refractivity contribution in [1.29, 1.82) is 0 Å². The molecule has 6 heteroatoms. The summed E-state index contributed by atoms with van der Waals surface area (Å²) in [6.45, 7) is 0.566. The number of nitrogens with two attached hydrogens (primary N) is 1. The minimum atomic E-state index is 0.410. The van der Waals surface area contributed by atoms with Gasteiger partial charge < -0.3 is 15.8 Å². The molecule has 0 saturated carbocycles. The molecule has 0 atom stereocenters. The van der Waals surface area contributed by atoms with Gasteiger partial charge in [-0.05, 0) is 33.6 Å². The van der Waals surface area contributed by atoms with Gasteiger partial charge in [-0.2, -0.15) is 4.98 Å². The number of halogens is 1. The van der Waals surface area contributed by atoms with Crippen LogP contribution in [0, 0.1) is 0 Å². The first kappa shape index (κ1) is 12.8. The van der Waals surface area contributed by atoms with Crippen molar-refractivity contribution in [2.75, 3.05) is 18.2 Å². The lowest BCUT2D eigenvalue weighted by Gasteiger charge is -2.07. The lowest BCUT2D eigenvalue weighted by molar-refractivity contribution is 0.185. The fraction of sp³-hybridized carbons (Fsp3) is 0.167. The molecule has 0 unspecified atom stereocenters. The highest BCUT2D eigenvalue weighted by atomic mass is 79.9. The number of anilines is 3. The molecular formula is C12H13BrN4O. The molecule has 1 heterocycles. The predicted octanol–water partition coefficient (Wildman–Crippen LogP) is 2.71. The van der Waals surface area contributed by atoms with E-state index in [2.05, 4.69) is 31.2 Å². The maximum Gasteiger partial charge on any atom is 0.230 e. The molecule has 18 heavy (non-hydrogen) atoms. The Morgan fingerprint density at radius 2 is 2.17 bits per heavy atom. The van der Waals surface area contributed by atoms with Gasteiger partial charge in [-0.1, -0.05) is 12.1 Å². The van der Waals surface area contributed by atoms with E-state index in [1.165, 1.54) is 0 Å². The van der Waals surface area contributed by atoms with Gasteiger partial charge in [0.15, 0.2) is 0 Å². The zero-order valence-corrected chi connectivity index (χ0v) is 11.4. The lowest BCUT2D eigenvalue weighted by Crippen LogP contribution is -2.01. The third-order valence-corrected chi connectivity index (χ3v) is 2.62. The molecule has 0 radical (unpaired) electrons. The summed E-state index contributed by atoms with van der Waals surface area (Å²) in [7, 11) is 1.66. The zero-order valence-electron chi connectivity index (χ0n) is 9.85. The van der Waals surface area contributed by atoms with Crippen molar-refractivity contribution in [3.05, 3.63) is 40.5 Å². The summed E-state index contributed by atoms with van der Waals surface area (Å²) >= 11 is 3.27. The lowest BCUT2D eigenvalue weighted by atomic mass is 10.2. The Morgan fingerprint density at radius 3 is 2.89 bits per heavy atom. The number of nitrogen functional groups attached to an aromatic ring is 1. The van der Waals surface area contributed by atoms with Gasteiger partial charge in [0.05, 0.1) is 6.61 Å². The van der Waals surface area contributed by atoms with Gasteiger partial charge in [0.25, 0.3) is 0 Å². The second kappa shape index (κ2) is 5.79. The van der Waals surface area contributed by atoms with Gasteiger partial charge >= 0.3 is 0 Å². The van der Waals surface area contributed by atoms with Crippen molar-refractivity contribution in [2.45, 2.75) is 6.61 Å². The van der Waals surface area contributed by atoms with Crippen LogP contribution in [0.4, 0.5) is 17.5 Å². The number of ether oxygens (including phenoxy) is 1. The number of hydrogen-bond donors (Lipinski definition) is 2. The summed E-state index contributed by atoms with van der Waals surface area (Å²) in [5.74, 6) is 0.865. The van der Waals surface area contributed by atoms with E-state index in [0.29, 0.717) is 23.0 Å². The van der Waals surface area contributed by atoms with Crippen LogP contribution in [0.3, 0.4) is 0 Å². The van der Waals surface area contributed by atoms with Gasteiger partial charge in [0, 0.05) is 18.9 Å². The average molecular weight is 309 g/mol. The number of rotatable bonds is 4. The first-order valence-electron chi connectivity index (χ1n) is 5.32. The molecule has 1 aromatic heterocycles. The van der Waals surface area contributed by atoms with Crippen molar-refractivity contribution < 1.29 is 4.74 Å². The van der Waals surface area contributed by atoms with E-state index >= 15 is 0 Å². The van der Waals surface area contributed by atoms with E-state index in [0.717, 1.165) is 11.3 Å². The van der Waals surface area contributed by atoms with Crippen LogP contribution < -0.4 is 11.1 Å². The number of nitrogens with zero attached hydrogens (tertiary/aromatic N) is 2. The second-order valence-electron chi connectivity index (χ2n) is 3.70. The van der Waals surface area contributed by atoms with E-state index in [1.807, 2.05) is 24.3 Å². The Labute approximate surface area is 114 Å². The molecule has 0 aliphatic rings. The van der Waals surface area contributed by atoms with Crippen molar-refractivity contribution in [3.8, 4) is 0 Å². The standard InChI is InChI=1S/C12H13BrN4O/c1-18-7-8-3-2-4-9(5-8)15-12-16-10(13)6-11(14)17-12/h2-6H,7H2,1H3,(H3,14,15,16,17). The van der Waals surface area contributed by atoms with Crippen LogP contribution in [0.25, 0.3) is 0 Å². The Kier molecular flexibility index (Phi) is 4.11. The number of aromatic nitrogens is 2. The van der Waals surface area contributed by atoms with Crippen molar-refractivity contribution in [3.63, 3.8) is 0 Å². The summed E-state index contributed by atoms with van der Waals surface area (Å²) in [5, 5.41) is 3.10. The van der Waals surface area contributed by atoms with Crippen LogP contribution in [-0.4, -0.2) is 17.1 Å². The second-order valence-corrected chi connectivity index (χ2v) is 4.51. The summed E-state index contributed by atoms with van der Waals surface area (Å²) in [6.07, 6.45) is 0. The molecule has 1 aromatic carbocycles. The minimum absolute atomic E-state index is 0.410. The third kappa shape index (κ3) is 3.41. The van der Waals surface area contributed by atoms with Gasteiger partial charge in [-0.3, -0.25) is 0 Å². The molecule has 0 bridgehead atoms. The first-order chi connectivity index (χ1) is 8.67. The molecule has 94 valence electrons. The largest absolute Gasteiger partial charge is 0.383 e. The van der Waals surface area contributed by atoms with Crippen LogP contribution >= 0.6 is 15.9 Å². The van der Waals surface area contributed by atoms with Crippen molar-refractivity contribution in [2.24, 2.45) is 0 Å². The normalized spacial score (nSPS) is 10.3. The minimum Gasteiger partial charge on any atom is -0.383 e. The highest BCUT2D eigenvalue weighted by Crippen LogP contribution is 2.18. The Bertz CT molecular complexity index is 527. The van der Waals surface area contributed by atoms with Crippen LogP contribution in [-0.2, 0) is 11.3 Å². The van der Waals surface area contributed by atoms with Gasteiger partial charge in [0.2, 0.25) is 5.95 Å². The van der Waals surface area contributed by atoms with E-state index < -0.39 is 0 Å². The van der Waals surface area contributed by atoms with Gasteiger partial charge in [0.1, 0.15) is 10.4 Å². The molecule has 3 N–H and O–H groups in total. The highest BCUT2D eigenvalue weighted by Gasteiger charge is 2.02. The summed E-state index contributed by atoms with van der Waals surface area (Å²) in [5.41, 5.74) is 7.61. The molecule has 2 rings (SSSR count). The molecule has 0 saturated heterocycles. The predicted molar refractivity (Wildman–Crippen MR) is 74.6 cm³/mol. The van der Waals surface area contributed by atoms with Gasteiger partial charge in [-0.15, -0.1) is 0 Å². The number of benzene rings is 1. The van der Waals surface area contributed by atoms with E-state index in [1.54, 1.807) is 13.2 Å². The SMILES string of the molecule is COCc1cccc(Nc2nc(N)cc(Br)n2)c1. The number of nitrogens with one attached hydrogen (secondary N) is 1. The molecule has 0 fully saturated rings. The van der Waals surface area contributed by atoms with E-state index in [9.17, 15) is 0 Å². The maximum absolute atomic E-state index is 5.65. The number of methoxy groups -OCH3 is 1. The summed E-state index contributed by atoms with van der Waals surface area (Å²) in [4.78, 5) is 8.29. The summed E-state index contributed by atoms with van der Waals surface area (Å²) in [6, 6.07) is 9.49. The molecule has 5 nitrogen and oxygen atoms in total. The number of hydrogen-bond acceptors (Lipinski definition) is 5. The molecule has 0 amide bonds. The maximum atomic E-state index is 5.65. The van der Waals surface area contributed by atoms with E-state index in [-0.39, 0.29) is 0 Å². The van der Waals surface area contributed by atoms with Crippen LogP contribution in [0.1, 0.15) is 5.56 Å². The van der Waals surface area contributed by atoms with Crippen LogP contribution in [0.15, 0.2) is 34.9 Å². The molecule has 0 spiro atoms. The molecule has 2 aromatic rings. The monoisotopic (exact) mass is 308 g/mol. The van der Waals surface area contributed by atoms with E-state index in [4.69, 9.17) is 10.5 Å². The van der Waals surface area contributed by atoms with Gasteiger partial charge in [-0.25, -0.2) is 4.98 Å². The highest BCUT2D eigenvalue weighted by molar-refractivity contribution is 9.10. The van der Waals surface area contributed by atoms with Crippen molar-refractivity contribution >= 4 is 33.4 Å². The fourth-order valence-corrected chi connectivity index (χ4v) is 1.93. The Hall–Kier alpha value is -1.66. The topological polar surface area (TPSA) is 73.1 Å². The Morgan fingerprint density at radius 1 is 1.33 bits per heavy atom. The van der Waals surface area contributed by atoms with Crippen LogP contribution in [0.2, 0.25) is 0 Å². The smallest absolute Gasteiger partial charge is 0.230 e. The molecule has 0 aliphatic heterocycles. The first-order valence-corrected chi connectivity index (χ1v) is 6.11. The fourth-order valence-electron chi connectivity index (χ4n) is 1.53. The quantitative estimate of drug-likeness (QED) is 0.850. The molecular weight excluding hydrogens is 296 g/mol. The zero-order chi connectivity index (χ0) is 13.0. The third-order valence-electron chi connectivity index (χ3n) is 2.21.